The number of rotatable bonds is 1. The van der Waals surface area contributed by atoms with E-state index in [-0.39, 0.29) is 11.7 Å². The molecule has 2 heterocycles. The topological polar surface area (TPSA) is 47.2 Å². The molecule has 0 radical (unpaired) electrons. The molecule has 0 spiro atoms. The number of aliphatic imine (C=N–C) groups is 1. The Balaban J connectivity index is 2.05. The summed E-state index contributed by atoms with van der Waals surface area (Å²) in [5.74, 6) is 0.706. The highest BCUT2D eigenvalue weighted by molar-refractivity contribution is 5.99. The van der Waals surface area contributed by atoms with Crippen LogP contribution in [-0.2, 0) is 0 Å². The van der Waals surface area contributed by atoms with Crippen molar-refractivity contribution in [2.75, 3.05) is 0 Å². The van der Waals surface area contributed by atoms with Crippen molar-refractivity contribution in [3.05, 3.63) is 70.6 Å². The van der Waals surface area contributed by atoms with E-state index in [1.165, 1.54) is 0 Å². The number of hydrogen-bond donors (Lipinski definition) is 0. The van der Waals surface area contributed by atoms with E-state index in [2.05, 4.69) is 9.98 Å². The lowest BCUT2D eigenvalue weighted by molar-refractivity contribution is 0.713. The molecule has 1 atom stereocenters. The van der Waals surface area contributed by atoms with E-state index in [0.717, 1.165) is 16.7 Å². The fourth-order valence-electron chi connectivity index (χ4n) is 2.92. The van der Waals surface area contributed by atoms with Gasteiger partial charge >= 0.3 is 5.69 Å². The number of benzene rings is 2. The lowest BCUT2D eigenvalue weighted by Crippen LogP contribution is -2.27. The Morgan fingerprint density at radius 2 is 1.71 bits per heavy atom. The second kappa shape index (κ2) is 4.38. The smallest absolute Gasteiger partial charge is 0.263 e. The van der Waals surface area contributed by atoms with Crippen LogP contribution in [0.5, 0.6) is 0 Å². The molecule has 0 saturated carbocycles. The maximum Gasteiger partial charge on any atom is 0.350 e. The predicted octanol–water partition coefficient (Wildman–Crippen LogP) is 3.09. The number of fused-ring (bicyclic) bond motifs is 3. The number of hydrogen-bond acceptors (Lipinski definition) is 3. The number of para-hydroxylation sites is 1. The molecular formula is C17H13N3O. The molecule has 0 fully saturated rings. The molecular weight excluding hydrogens is 262 g/mol. The van der Waals surface area contributed by atoms with E-state index in [9.17, 15) is 4.79 Å². The fourth-order valence-corrected chi connectivity index (χ4v) is 2.92. The van der Waals surface area contributed by atoms with E-state index in [1.807, 2.05) is 61.5 Å². The highest BCUT2D eigenvalue weighted by Gasteiger charge is 2.28. The van der Waals surface area contributed by atoms with Gasteiger partial charge in [-0.2, -0.15) is 4.98 Å². The van der Waals surface area contributed by atoms with Gasteiger partial charge in [-0.3, -0.25) is 4.57 Å². The van der Waals surface area contributed by atoms with Gasteiger partial charge in [0.2, 0.25) is 0 Å². The third kappa shape index (κ3) is 1.72. The van der Waals surface area contributed by atoms with Crippen LogP contribution in [0.1, 0.15) is 18.5 Å². The molecule has 2 aromatic carbocycles. The van der Waals surface area contributed by atoms with E-state index >= 15 is 0 Å². The van der Waals surface area contributed by atoms with Gasteiger partial charge in [-0.1, -0.05) is 42.5 Å². The van der Waals surface area contributed by atoms with Crippen LogP contribution >= 0.6 is 0 Å². The molecule has 21 heavy (non-hydrogen) atoms. The summed E-state index contributed by atoms with van der Waals surface area (Å²) in [5.41, 5.74) is 2.41. The quantitative estimate of drug-likeness (QED) is 0.685. The average Bonchev–Trinajstić information content (AvgIpc) is 2.86. The summed E-state index contributed by atoms with van der Waals surface area (Å²) in [7, 11) is 0. The SMILES string of the molecule is CC1=Nc2c3ccccc3nc(=O)n2C1c1ccccc1. The van der Waals surface area contributed by atoms with Crippen LogP contribution in [0.25, 0.3) is 10.9 Å². The van der Waals surface area contributed by atoms with Crippen LogP contribution in [-0.4, -0.2) is 15.3 Å². The van der Waals surface area contributed by atoms with Gasteiger partial charge in [0.25, 0.3) is 0 Å². The predicted molar refractivity (Wildman–Crippen MR) is 83.4 cm³/mol. The van der Waals surface area contributed by atoms with E-state index in [1.54, 1.807) is 4.57 Å². The third-order valence-electron chi connectivity index (χ3n) is 3.85. The molecule has 0 N–H and O–H groups in total. The van der Waals surface area contributed by atoms with Crippen LogP contribution in [0.2, 0.25) is 0 Å². The lowest BCUT2D eigenvalue weighted by atomic mass is 10.0. The summed E-state index contributed by atoms with van der Waals surface area (Å²) in [5, 5.41) is 0.912. The minimum absolute atomic E-state index is 0.161. The maximum atomic E-state index is 12.4. The minimum atomic E-state index is -0.252. The Bertz CT molecular complexity index is 926. The zero-order valence-electron chi connectivity index (χ0n) is 11.5. The summed E-state index contributed by atoms with van der Waals surface area (Å²) < 4.78 is 1.69. The van der Waals surface area contributed by atoms with E-state index in [0.29, 0.717) is 11.3 Å². The molecule has 0 bridgehead atoms. The fraction of sp³-hybridized carbons (Fsp3) is 0.118. The third-order valence-corrected chi connectivity index (χ3v) is 3.85. The monoisotopic (exact) mass is 275 g/mol. The van der Waals surface area contributed by atoms with Crippen molar-refractivity contribution in [2.45, 2.75) is 13.0 Å². The Hall–Kier alpha value is -2.75. The van der Waals surface area contributed by atoms with Crippen molar-refractivity contribution in [2.24, 2.45) is 4.99 Å². The van der Waals surface area contributed by atoms with Crippen molar-refractivity contribution in [1.82, 2.24) is 9.55 Å². The van der Waals surface area contributed by atoms with Crippen LogP contribution in [0.15, 0.2) is 64.4 Å². The highest BCUT2D eigenvalue weighted by atomic mass is 16.1. The summed E-state index contributed by atoms with van der Waals surface area (Å²) in [4.78, 5) is 21.3. The number of nitrogens with zero attached hydrogens (tertiary/aromatic N) is 3. The van der Waals surface area contributed by atoms with Gasteiger partial charge in [-0.05, 0) is 24.6 Å². The van der Waals surface area contributed by atoms with Crippen LogP contribution in [0.3, 0.4) is 0 Å². The highest BCUT2D eigenvalue weighted by Crippen LogP contribution is 2.34. The first-order valence-electron chi connectivity index (χ1n) is 6.87. The molecule has 1 unspecified atom stereocenters. The zero-order chi connectivity index (χ0) is 14.4. The molecule has 4 nitrogen and oxygen atoms in total. The first kappa shape index (κ1) is 12.0. The molecule has 0 saturated heterocycles. The van der Waals surface area contributed by atoms with Crippen LogP contribution in [0, 0.1) is 0 Å². The Morgan fingerprint density at radius 1 is 1.00 bits per heavy atom. The van der Waals surface area contributed by atoms with Crippen LogP contribution < -0.4 is 5.69 Å². The van der Waals surface area contributed by atoms with Crippen molar-refractivity contribution in [3.63, 3.8) is 0 Å². The molecule has 1 aliphatic rings. The standard InChI is InChI=1S/C17H13N3O/c1-11-15(12-7-3-2-4-8-12)20-16(18-11)13-9-5-6-10-14(13)19-17(20)21/h2-10,15H,1H3. The summed E-state index contributed by atoms with van der Waals surface area (Å²) in [6, 6.07) is 17.4. The van der Waals surface area contributed by atoms with E-state index < -0.39 is 0 Å². The van der Waals surface area contributed by atoms with Gasteiger partial charge < -0.3 is 0 Å². The number of aromatic nitrogens is 2. The molecule has 0 aliphatic carbocycles. The summed E-state index contributed by atoms with van der Waals surface area (Å²) in [6.07, 6.45) is 0. The Kier molecular flexibility index (Phi) is 2.51. The van der Waals surface area contributed by atoms with E-state index in [4.69, 9.17) is 0 Å². The minimum Gasteiger partial charge on any atom is -0.263 e. The largest absolute Gasteiger partial charge is 0.350 e. The maximum absolute atomic E-state index is 12.4. The zero-order valence-corrected chi connectivity index (χ0v) is 11.5. The first-order chi connectivity index (χ1) is 10.3. The van der Waals surface area contributed by atoms with Gasteiger partial charge in [0, 0.05) is 11.1 Å². The average molecular weight is 275 g/mol. The molecule has 4 heteroatoms. The van der Waals surface area contributed by atoms with Gasteiger partial charge in [-0.25, -0.2) is 9.79 Å². The second-order valence-electron chi connectivity index (χ2n) is 5.17. The van der Waals surface area contributed by atoms with Crippen molar-refractivity contribution < 1.29 is 0 Å². The van der Waals surface area contributed by atoms with Crippen molar-refractivity contribution in [3.8, 4) is 0 Å². The first-order valence-corrected chi connectivity index (χ1v) is 6.87. The Morgan fingerprint density at radius 3 is 2.52 bits per heavy atom. The van der Waals surface area contributed by atoms with Crippen molar-refractivity contribution >= 4 is 22.4 Å². The Labute approximate surface area is 121 Å². The normalized spacial score (nSPS) is 16.8. The summed E-state index contributed by atoms with van der Waals surface area (Å²) in [6.45, 7) is 1.96. The lowest BCUT2D eigenvalue weighted by Gasteiger charge is -2.15. The van der Waals surface area contributed by atoms with Gasteiger partial charge in [0.15, 0.2) is 0 Å². The van der Waals surface area contributed by atoms with Gasteiger partial charge in [0.05, 0.1) is 5.52 Å². The molecule has 4 rings (SSSR count). The van der Waals surface area contributed by atoms with Crippen molar-refractivity contribution in [1.29, 1.82) is 0 Å². The molecule has 1 aliphatic heterocycles. The summed E-state index contributed by atoms with van der Waals surface area (Å²) >= 11 is 0. The molecule has 3 aromatic rings. The second-order valence-corrected chi connectivity index (χ2v) is 5.17. The van der Waals surface area contributed by atoms with Crippen LogP contribution in [0.4, 0.5) is 5.82 Å². The van der Waals surface area contributed by atoms with Gasteiger partial charge in [-0.15, -0.1) is 0 Å². The molecule has 102 valence electrons. The van der Waals surface area contributed by atoms with Gasteiger partial charge in [0.1, 0.15) is 11.9 Å². The molecule has 0 amide bonds. The molecule has 1 aromatic heterocycles.